The Morgan fingerprint density at radius 3 is 2.59 bits per heavy atom. The van der Waals surface area contributed by atoms with Crippen LogP contribution in [0.25, 0.3) is 5.65 Å². The standard InChI is InChI=1S/C11H17FN5O12P3/c1-11(12)2-5(4-26-31(22,23)29-32(24,25)28-30(19,20)21)27-7(11)6-3-14-8-9(18)15-10(13)16-17(6)8/h3,5,7H,2,4H2,1H3,(H,22,23)(H,24,25)(H2,19,20,21)(H3,13,15,16,18)/t5-,7-,11+/m0/s1. The number of hydrogen-bond donors (Lipinski definition) is 6. The largest absolute Gasteiger partial charge is 0.490 e. The highest BCUT2D eigenvalue weighted by Crippen LogP contribution is 2.66. The third-order valence-corrected chi connectivity index (χ3v) is 7.83. The lowest BCUT2D eigenvalue weighted by Gasteiger charge is -2.20. The van der Waals surface area contributed by atoms with Crippen LogP contribution in [0.2, 0.25) is 0 Å². The maximum absolute atomic E-state index is 15.2. The van der Waals surface area contributed by atoms with E-state index in [0.29, 0.717) is 0 Å². The smallest absolute Gasteiger partial charge is 0.368 e. The first-order valence-corrected chi connectivity index (χ1v) is 12.9. The molecular formula is C11H17FN5O12P3. The topological polar surface area (TPSA) is 258 Å². The van der Waals surface area contributed by atoms with E-state index < -0.39 is 59.9 Å². The first-order valence-electron chi connectivity index (χ1n) is 8.34. The summed E-state index contributed by atoms with van der Waals surface area (Å²) >= 11 is 0. The number of hydrogen-bond acceptors (Lipinski definition) is 11. The van der Waals surface area contributed by atoms with Gasteiger partial charge in [0.25, 0.3) is 5.56 Å². The maximum atomic E-state index is 15.2. The Kier molecular flexibility index (Phi) is 6.54. The number of imidazole rings is 1. The van der Waals surface area contributed by atoms with E-state index in [2.05, 4.69) is 28.2 Å². The molecule has 1 aliphatic rings. The predicted molar refractivity (Wildman–Crippen MR) is 99.6 cm³/mol. The number of H-pyrrole nitrogens is 1. The summed E-state index contributed by atoms with van der Waals surface area (Å²) in [7, 11) is -16.6. The zero-order valence-corrected chi connectivity index (χ0v) is 18.5. The molecule has 5 atom stereocenters. The van der Waals surface area contributed by atoms with Crippen molar-refractivity contribution in [2.45, 2.75) is 31.2 Å². The number of alkyl halides is 1. The number of fused-ring (bicyclic) bond motifs is 1. The molecule has 1 aliphatic heterocycles. The Labute approximate surface area is 176 Å². The zero-order chi connectivity index (χ0) is 24.1. The second-order valence-electron chi connectivity index (χ2n) is 6.76. The van der Waals surface area contributed by atoms with E-state index in [1.165, 1.54) is 0 Å². The van der Waals surface area contributed by atoms with Gasteiger partial charge in [-0.3, -0.25) is 14.3 Å². The second-order valence-corrected chi connectivity index (χ2v) is 11.2. The van der Waals surface area contributed by atoms with Crippen LogP contribution in [0.3, 0.4) is 0 Å². The number of nitrogens with two attached hydrogens (primary N) is 1. The second kappa shape index (κ2) is 8.34. The highest BCUT2D eigenvalue weighted by molar-refractivity contribution is 7.66. The van der Waals surface area contributed by atoms with Gasteiger partial charge < -0.3 is 30.0 Å². The van der Waals surface area contributed by atoms with E-state index in [9.17, 15) is 23.4 Å². The van der Waals surface area contributed by atoms with Gasteiger partial charge in [0.1, 0.15) is 11.8 Å². The Bertz CT molecular complexity index is 1220. The number of halogens is 1. The van der Waals surface area contributed by atoms with Crippen molar-refractivity contribution in [3.8, 4) is 0 Å². The Balaban J connectivity index is 1.72. The summed E-state index contributed by atoms with van der Waals surface area (Å²) in [5.41, 5.74) is 2.50. The van der Waals surface area contributed by atoms with Crippen molar-refractivity contribution in [3.63, 3.8) is 0 Å². The van der Waals surface area contributed by atoms with Gasteiger partial charge in [-0.2, -0.15) is 8.62 Å². The van der Waals surface area contributed by atoms with Gasteiger partial charge in [0.05, 0.1) is 24.6 Å². The van der Waals surface area contributed by atoms with E-state index in [0.717, 1.165) is 17.6 Å². The van der Waals surface area contributed by atoms with Gasteiger partial charge in [0, 0.05) is 6.42 Å². The molecule has 2 aromatic rings. The molecule has 1 saturated heterocycles. The number of nitrogens with zero attached hydrogens (tertiary/aromatic N) is 3. The minimum absolute atomic E-state index is 0.00337. The molecule has 32 heavy (non-hydrogen) atoms. The molecule has 2 aromatic heterocycles. The SMILES string of the molecule is C[C@@]1(F)C[C@@H](COP(=O)(O)OP(=O)(O)OP(=O)(O)O)O[C@H]1c1cnc2c(=O)[nH]c(N)nn12. The molecule has 7 N–H and O–H groups in total. The molecule has 0 aliphatic carbocycles. The van der Waals surface area contributed by atoms with Gasteiger partial charge in [-0.25, -0.2) is 27.6 Å². The third-order valence-electron chi connectivity index (χ3n) is 4.03. The molecular weight excluding hydrogens is 506 g/mol. The van der Waals surface area contributed by atoms with E-state index >= 15 is 4.39 Å². The molecule has 0 amide bonds. The van der Waals surface area contributed by atoms with Crippen molar-refractivity contribution in [1.82, 2.24) is 19.6 Å². The molecule has 0 radical (unpaired) electrons. The van der Waals surface area contributed by atoms with Crippen LogP contribution in [0.1, 0.15) is 25.1 Å². The van der Waals surface area contributed by atoms with Crippen molar-refractivity contribution in [1.29, 1.82) is 0 Å². The Morgan fingerprint density at radius 1 is 1.31 bits per heavy atom. The van der Waals surface area contributed by atoms with Crippen LogP contribution in [0.5, 0.6) is 0 Å². The van der Waals surface area contributed by atoms with Crippen LogP contribution in [0.15, 0.2) is 11.0 Å². The van der Waals surface area contributed by atoms with Crippen LogP contribution in [0.4, 0.5) is 10.3 Å². The summed E-state index contributed by atoms with van der Waals surface area (Å²) in [6.45, 7) is 0.297. The lowest BCUT2D eigenvalue weighted by Crippen LogP contribution is -2.25. The third kappa shape index (κ3) is 5.87. The van der Waals surface area contributed by atoms with Crippen LogP contribution < -0.4 is 11.3 Å². The summed E-state index contributed by atoms with van der Waals surface area (Å²) in [6, 6.07) is 0. The number of ether oxygens (including phenoxy) is 1. The summed E-state index contributed by atoms with van der Waals surface area (Å²) in [5.74, 6) is -0.274. The highest BCUT2D eigenvalue weighted by atomic mass is 31.3. The molecule has 1 fully saturated rings. The molecule has 0 saturated carbocycles. The minimum atomic E-state index is -5.69. The van der Waals surface area contributed by atoms with Gasteiger partial charge >= 0.3 is 23.5 Å². The van der Waals surface area contributed by atoms with E-state index in [-0.39, 0.29) is 17.3 Å². The summed E-state index contributed by atoms with van der Waals surface area (Å²) in [5, 5.41) is 3.84. The molecule has 180 valence electrons. The lowest BCUT2D eigenvalue weighted by atomic mass is 9.96. The van der Waals surface area contributed by atoms with E-state index in [4.69, 9.17) is 25.2 Å². The molecule has 0 spiro atoms. The zero-order valence-electron chi connectivity index (χ0n) is 15.8. The quantitative estimate of drug-likeness (QED) is 0.247. The van der Waals surface area contributed by atoms with Gasteiger partial charge in [-0.1, -0.05) is 0 Å². The van der Waals surface area contributed by atoms with Crippen molar-refractivity contribution in [2.75, 3.05) is 12.3 Å². The maximum Gasteiger partial charge on any atom is 0.490 e. The molecule has 21 heteroatoms. The number of phosphoric ester groups is 1. The molecule has 2 unspecified atom stereocenters. The van der Waals surface area contributed by atoms with Gasteiger partial charge in [-0.05, 0) is 6.92 Å². The number of nitrogens with one attached hydrogen (secondary N) is 1. The molecule has 3 heterocycles. The highest BCUT2D eigenvalue weighted by Gasteiger charge is 2.49. The Morgan fingerprint density at radius 2 is 1.97 bits per heavy atom. The average Bonchev–Trinajstić information content (AvgIpc) is 3.09. The number of rotatable bonds is 8. The summed E-state index contributed by atoms with van der Waals surface area (Å²) < 4.78 is 67.1. The fourth-order valence-electron chi connectivity index (χ4n) is 2.99. The number of aromatic nitrogens is 4. The number of nitrogen functional groups attached to an aromatic ring is 1. The molecule has 0 aromatic carbocycles. The van der Waals surface area contributed by atoms with Gasteiger partial charge in [-0.15, -0.1) is 5.10 Å². The predicted octanol–water partition coefficient (Wildman–Crippen LogP) is -0.0987. The van der Waals surface area contributed by atoms with E-state index in [1.807, 2.05) is 0 Å². The molecule has 17 nitrogen and oxygen atoms in total. The lowest BCUT2D eigenvalue weighted by molar-refractivity contribution is -0.0193. The number of anilines is 1. The van der Waals surface area contributed by atoms with Crippen LogP contribution in [0, 0.1) is 0 Å². The van der Waals surface area contributed by atoms with Gasteiger partial charge in [0.15, 0.2) is 0 Å². The first kappa shape index (κ1) is 25.1. The van der Waals surface area contributed by atoms with Crippen molar-refractivity contribution in [2.24, 2.45) is 0 Å². The first-order chi connectivity index (χ1) is 14.5. The van der Waals surface area contributed by atoms with Crippen LogP contribution in [-0.4, -0.2) is 57.5 Å². The average molecular weight is 523 g/mol. The van der Waals surface area contributed by atoms with Crippen molar-refractivity contribution >= 4 is 35.1 Å². The molecule has 0 bridgehead atoms. The van der Waals surface area contributed by atoms with E-state index in [1.54, 1.807) is 0 Å². The minimum Gasteiger partial charge on any atom is -0.368 e. The van der Waals surface area contributed by atoms with Crippen molar-refractivity contribution < 1.29 is 55.5 Å². The molecule has 3 rings (SSSR count). The van der Waals surface area contributed by atoms with Crippen molar-refractivity contribution in [3.05, 3.63) is 22.2 Å². The summed E-state index contributed by atoms with van der Waals surface area (Å²) in [6.07, 6.45) is -1.85. The van der Waals surface area contributed by atoms with Gasteiger partial charge in [0.2, 0.25) is 11.6 Å². The fourth-order valence-corrected chi connectivity index (χ4v) is 6.04. The van der Waals surface area contributed by atoms with Crippen LogP contribution in [-0.2, 0) is 31.6 Å². The summed E-state index contributed by atoms with van der Waals surface area (Å²) in [4.78, 5) is 53.6. The number of phosphoric acid groups is 3. The monoisotopic (exact) mass is 523 g/mol. The number of aromatic amines is 1. The normalized spacial score (nSPS) is 27.9. The van der Waals surface area contributed by atoms with Crippen LogP contribution >= 0.6 is 23.5 Å². The Hall–Kier alpha value is -1.55. The fraction of sp³-hybridized carbons (Fsp3) is 0.545.